The first-order chi connectivity index (χ1) is 9.52. The molecule has 0 spiro atoms. The molecule has 0 aliphatic carbocycles. The number of ether oxygens (including phenoxy) is 1. The molecule has 0 bridgehead atoms. The summed E-state index contributed by atoms with van der Waals surface area (Å²) >= 11 is 0. The van der Waals surface area contributed by atoms with Crippen LogP contribution in [0.15, 0.2) is 12.5 Å². The van der Waals surface area contributed by atoms with Crippen molar-refractivity contribution in [2.24, 2.45) is 0 Å². The van der Waals surface area contributed by atoms with E-state index < -0.39 is 24.0 Å². The predicted molar refractivity (Wildman–Crippen MR) is 66.9 cm³/mol. The SMILES string of the molecule is CCOC(=O)CNC(=O)NC(Cc1cnc[nH]1)C(=O)O. The van der Waals surface area contributed by atoms with Crippen molar-refractivity contribution in [3.63, 3.8) is 0 Å². The molecule has 0 aliphatic rings. The van der Waals surface area contributed by atoms with E-state index in [-0.39, 0.29) is 19.6 Å². The number of urea groups is 1. The molecule has 9 heteroatoms. The maximum atomic E-state index is 11.5. The van der Waals surface area contributed by atoms with Crippen LogP contribution in [0.1, 0.15) is 12.6 Å². The molecule has 0 fully saturated rings. The van der Waals surface area contributed by atoms with Gasteiger partial charge in [0.25, 0.3) is 0 Å². The van der Waals surface area contributed by atoms with E-state index >= 15 is 0 Å². The van der Waals surface area contributed by atoms with Crippen LogP contribution in [-0.4, -0.2) is 52.2 Å². The van der Waals surface area contributed by atoms with Gasteiger partial charge in [-0.25, -0.2) is 14.6 Å². The third kappa shape index (κ3) is 5.38. The van der Waals surface area contributed by atoms with E-state index in [1.54, 1.807) is 6.92 Å². The van der Waals surface area contributed by atoms with Crippen molar-refractivity contribution < 1.29 is 24.2 Å². The highest BCUT2D eigenvalue weighted by atomic mass is 16.5. The van der Waals surface area contributed by atoms with Gasteiger partial charge in [0.05, 0.1) is 12.9 Å². The van der Waals surface area contributed by atoms with Crippen LogP contribution in [0.25, 0.3) is 0 Å². The molecular weight excluding hydrogens is 268 g/mol. The Morgan fingerprint density at radius 2 is 2.25 bits per heavy atom. The van der Waals surface area contributed by atoms with Gasteiger partial charge in [0, 0.05) is 18.3 Å². The molecule has 0 saturated carbocycles. The maximum Gasteiger partial charge on any atom is 0.326 e. The Morgan fingerprint density at radius 1 is 1.50 bits per heavy atom. The van der Waals surface area contributed by atoms with Crippen LogP contribution in [0, 0.1) is 0 Å². The molecule has 0 aliphatic heterocycles. The highest BCUT2D eigenvalue weighted by molar-refractivity contribution is 5.85. The second-order valence-corrected chi connectivity index (χ2v) is 3.80. The first-order valence-electron chi connectivity index (χ1n) is 5.93. The van der Waals surface area contributed by atoms with Crippen molar-refractivity contribution in [1.29, 1.82) is 0 Å². The third-order valence-corrected chi connectivity index (χ3v) is 2.28. The van der Waals surface area contributed by atoms with Gasteiger partial charge in [-0.15, -0.1) is 0 Å². The number of esters is 1. The van der Waals surface area contributed by atoms with Crippen LogP contribution in [0.2, 0.25) is 0 Å². The Labute approximate surface area is 114 Å². The standard InChI is InChI=1S/C11H16N4O5/c1-2-20-9(16)5-13-11(19)15-8(10(17)18)3-7-4-12-6-14-7/h4,6,8H,2-3,5H2,1H3,(H,12,14)(H,17,18)(H2,13,15,19). The van der Waals surface area contributed by atoms with E-state index in [0.29, 0.717) is 5.69 Å². The van der Waals surface area contributed by atoms with Gasteiger partial charge in [0.2, 0.25) is 0 Å². The summed E-state index contributed by atoms with van der Waals surface area (Å²) in [7, 11) is 0. The number of nitrogens with zero attached hydrogens (tertiary/aromatic N) is 1. The van der Waals surface area contributed by atoms with Gasteiger partial charge in [0.1, 0.15) is 12.6 Å². The lowest BCUT2D eigenvalue weighted by Crippen LogP contribution is -2.48. The quantitative estimate of drug-likeness (QED) is 0.488. The Hall–Kier alpha value is -2.58. The number of rotatable bonds is 7. The molecule has 2 amide bonds. The fourth-order valence-electron chi connectivity index (χ4n) is 1.39. The van der Waals surface area contributed by atoms with Crippen molar-refractivity contribution in [1.82, 2.24) is 20.6 Å². The Kier molecular flexibility index (Phi) is 6.01. The molecule has 9 nitrogen and oxygen atoms in total. The number of carbonyl (C=O) groups is 3. The molecule has 1 atom stereocenters. The molecule has 0 radical (unpaired) electrons. The number of carboxylic acid groups (broad SMARTS) is 1. The molecule has 110 valence electrons. The number of imidazole rings is 1. The number of hydrogen-bond donors (Lipinski definition) is 4. The molecule has 1 aromatic heterocycles. The lowest BCUT2D eigenvalue weighted by atomic mass is 10.2. The molecule has 1 rings (SSSR count). The topological polar surface area (TPSA) is 133 Å². The van der Waals surface area contributed by atoms with Crippen LogP contribution in [0.4, 0.5) is 4.79 Å². The summed E-state index contributed by atoms with van der Waals surface area (Å²) in [6, 6.07) is -1.89. The molecule has 1 aromatic rings. The number of aromatic amines is 1. The largest absolute Gasteiger partial charge is 0.480 e. The summed E-state index contributed by atoms with van der Waals surface area (Å²) in [6.45, 7) is 1.53. The maximum absolute atomic E-state index is 11.5. The summed E-state index contributed by atoms with van der Waals surface area (Å²) in [5.74, 6) is -1.78. The van der Waals surface area contributed by atoms with Gasteiger partial charge in [0.15, 0.2) is 0 Å². The first-order valence-corrected chi connectivity index (χ1v) is 5.93. The van der Waals surface area contributed by atoms with E-state index in [2.05, 4.69) is 25.3 Å². The smallest absolute Gasteiger partial charge is 0.326 e. The van der Waals surface area contributed by atoms with Crippen LogP contribution in [0.3, 0.4) is 0 Å². The molecule has 1 heterocycles. The van der Waals surface area contributed by atoms with Crippen LogP contribution in [-0.2, 0) is 20.7 Å². The van der Waals surface area contributed by atoms with Crippen LogP contribution in [0.5, 0.6) is 0 Å². The van der Waals surface area contributed by atoms with E-state index in [1.165, 1.54) is 12.5 Å². The Morgan fingerprint density at radius 3 is 2.80 bits per heavy atom. The number of hydrogen-bond acceptors (Lipinski definition) is 5. The highest BCUT2D eigenvalue weighted by Crippen LogP contribution is 1.98. The minimum atomic E-state index is -1.19. The van der Waals surface area contributed by atoms with Crippen molar-refractivity contribution in [3.05, 3.63) is 18.2 Å². The normalized spacial score (nSPS) is 11.4. The van der Waals surface area contributed by atoms with Crippen molar-refractivity contribution in [2.45, 2.75) is 19.4 Å². The van der Waals surface area contributed by atoms with E-state index in [9.17, 15) is 14.4 Å². The predicted octanol–water partition coefficient (Wildman–Crippen LogP) is -0.732. The van der Waals surface area contributed by atoms with Crippen molar-refractivity contribution in [2.75, 3.05) is 13.2 Å². The summed E-state index contributed by atoms with van der Waals surface area (Å²) in [5, 5.41) is 13.5. The summed E-state index contributed by atoms with van der Waals surface area (Å²) in [5.41, 5.74) is 0.572. The lowest BCUT2D eigenvalue weighted by Gasteiger charge is -2.14. The van der Waals surface area contributed by atoms with Gasteiger partial charge in [-0.2, -0.15) is 0 Å². The molecular formula is C11H16N4O5. The highest BCUT2D eigenvalue weighted by Gasteiger charge is 2.21. The zero-order valence-electron chi connectivity index (χ0n) is 10.9. The minimum absolute atomic E-state index is 0.0577. The molecule has 1 unspecified atom stereocenters. The average Bonchev–Trinajstić information content (AvgIpc) is 2.89. The van der Waals surface area contributed by atoms with Crippen molar-refractivity contribution in [3.8, 4) is 0 Å². The Bertz CT molecular complexity index is 459. The van der Waals surface area contributed by atoms with Gasteiger partial charge in [-0.05, 0) is 6.92 Å². The van der Waals surface area contributed by atoms with Gasteiger partial charge in [-0.3, -0.25) is 4.79 Å². The lowest BCUT2D eigenvalue weighted by molar-refractivity contribution is -0.141. The van der Waals surface area contributed by atoms with E-state index in [4.69, 9.17) is 5.11 Å². The van der Waals surface area contributed by atoms with Gasteiger partial charge >= 0.3 is 18.0 Å². The fraction of sp³-hybridized carbons (Fsp3) is 0.455. The average molecular weight is 284 g/mol. The second kappa shape index (κ2) is 7.77. The van der Waals surface area contributed by atoms with E-state index in [0.717, 1.165) is 0 Å². The number of H-pyrrole nitrogens is 1. The second-order valence-electron chi connectivity index (χ2n) is 3.80. The fourth-order valence-corrected chi connectivity index (χ4v) is 1.39. The monoisotopic (exact) mass is 284 g/mol. The van der Waals surface area contributed by atoms with Crippen LogP contribution >= 0.6 is 0 Å². The van der Waals surface area contributed by atoms with Gasteiger partial charge < -0.3 is 25.5 Å². The first kappa shape index (κ1) is 15.5. The Balaban J connectivity index is 2.43. The number of aliphatic carboxylic acids is 1. The number of nitrogens with one attached hydrogen (secondary N) is 3. The molecule has 0 aromatic carbocycles. The summed E-state index contributed by atoms with van der Waals surface area (Å²) < 4.78 is 4.62. The van der Waals surface area contributed by atoms with Gasteiger partial charge in [-0.1, -0.05) is 0 Å². The zero-order valence-corrected chi connectivity index (χ0v) is 10.9. The molecule has 4 N–H and O–H groups in total. The molecule has 20 heavy (non-hydrogen) atoms. The number of aromatic nitrogens is 2. The number of carbonyl (C=O) groups excluding carboxylic acids is 2. The zero-order chi connectivity index (χ0) is 15.0. The van der Waals surface area contributed by atoms with E-state index in [1.807, 2.05) is 0 Å². The summed E-state index contributed by atoms with van der Waals surface area (Å²) in [6.07, 6.45) is 2.94. The minimum Gasteiger partial charge on any atom is -0.480 e. The number of amides is 2. The van der Waals surface area contributed by atoms with Crippen LogP contribution < -0.4 is 10.6 Å². The molecule has 0 saturated heterocycles. The van der Waals surface area contributed by atoms with Crippen molar-refractivity contribution >= 4 is 18.0 Å². The third-order valence-electron chi connectivity index (χ3n) is 2.28. The summed E-state index contributed by atoms with van der Waals surface area (Å²) in [4.78, 5) is 40.0. The number of carboxylic acids is 1.